The van der Waals surface area contributed by atoms with Crippen LogP contribution < -0.4 is 5.32 Å². The topological polar surface area (TPSA) is 80.9 Å². The van der Waals surface area contributed by atoms with E-state index >= 15 is 0 Å². The molecule has 1 N–H and O–H groups in total. The number of aryl methyl sites for hydroxylation is 3. The van der Waals surface area contributed by atoms with Crippen LogP contribution in [0.2, 0.25) is 0 Å². The number of aromatic nitrogens is 3. The van der Waals surface area contributed by atoms with E-state index in [1.807, 2.05) is 6.92 Å². The van der Waals surface area contributed by atoms with Gasteiger partial charge in [0.15, 0.2) is 0 Å². The quantitative estimate of drug-likeness (QED) is 0.861. The number of amides is 1. The van der Waals surface area contributed by atoms with E-state index in [-0.39, 0.29) is 5.91 Å². The van der Waals surface area contributed by atoms with E-state index in [9.17, 15) is 4.79 Å². The van der Waals surface area contributed by atoms with Gasteiger partial charge in [-0.3, -0.25) is 10.1 Å². The van der Waals surface area contributed by atoms with Gasteiger partial charge in [0.05, 0.1) is 5.69 Å². The molecule has 0 spiro atoms. The summed E-state index contributed by atoms with van der Waals surface area (Å²) in [5.41, 5.74) is 1.02. The first-order valence-electron chi connectivity index (χ1n) is 4.62. The molecule has 0 atom stereocenters. The molecule has 0 saturated heterocycles. The molecule has 0 saturated carbocycles. The van der Waals surface area contributed by atoms with Crippen LogP contribution in [0.4, 0.5) is 5.13 Å². The van der Waals surface area contributed by atoms with Gasteiger partial charge in [0, 0.05) is 0 Å². The van der Waals surface area contributed by atoms with Crippen molar-refractivity contribution in [3.63, 3.8) is 0 Å². The molecular weight excluding hydrogens is 228 g/mol. The fourth-order valence-corrected chi connectivity index (χ4v) is 1.90. The number of carbonyl (C=O) groups excluding carboxylic acids is 1. The summed E-state index contributed by atoms with van der Waals surface area (Å²) in [5, 5.41) is 15.3. The van der Waals surface area contributed by atoms with Crippen LogP contribution in [0, 0.1) is 20.8 Å². The minimum Gasteiger partial charge on any atom is -0.361 e. The Bertz CT molecular complexity index is 512. The van der Waals surface area contributed by atoms with Crippen LogP contribution in [-0.4, -0.2) is 21.3 Å². The van der Waals surface area contributed by atoms with Crippen LogP contribution in [0.5, 0.6) is 0 Å². The maximum Gasteiger partial charge on any atom is 0.263 e. The lowest BCUT2D eigenvalue weighted by Crippen LogP contribution is -2.13. The van der Waals surface area contributed by atoms with Crippen LogP contribution in [0.1, 0.15) is 26.8 Å². The highest BCUT2D eigenvalue weighted by Crippen LogP contribution is 2.17. The molecule has 0 radical (unpaired) electrons. The number of hydrogen-bond acceptors (Lipinski definition) is 6. The Hall–Kier alpha value is -1.76. The summed E-state index contributed by atoms with van der Waals surface area (Å²) >= 11 is 1.32. The molecule has 2 aromatic rings. The number of rotatable bonds is 2. The molecule has 2 aromatic heterocycles. The second-order valence-corrected chi connectivity index (χ2v) is 4.46. The van der Waals surface area contributed by atoms with Gasteiger partial charge in [-0.25, -0.2) is 0 Å². The van der Waals surface area contributed by atoms with Crippen molar-refractivity contribution in [3.8, 4) is 0 Å². The maximum absolute atomic E-state index is 11.9. The smallest absolute Gasteiger partial charge is 0.263 e. The first-order chi connectivity index (χ1) is 7.58. The van der Waals surface area contributed by atoms with E-state index in [0.29, 0.717) is 22.1 Å². The molecule has 16 heavy (non-hydrogen) atoms. The van der Waals surface area contributed by atoms with Crippen molar-refractivity contribution in [2.45, 2.75) is 20.8 Å². The summed E-state index contributed by atoms with van der Waals surface area (Å²) < 4.78 is 4.92. The molecule has 7 heteroatoms. The van der Waals surface area contributed by atoms with Gasteiger partial charge in [0.1, 0.15) is 16.3 Å². The summed E-state index contributed by atoms with van der Waals surface area (Å²) in [6.07, 6.45) is 0. The molecule has 0 aromatic carbocycles. The molecule has 0 fully saturated rings. The van der Waals surface area contributed by atoms with Gasteiger partial charge < -0.3 is 4.52 Å². The minimum atomic E-state index is -0.271. The third kappa shape index (κ3) is 1.94. The molecule has 6 nitrogen and oxygen atoms in total. The summed E-state index contributed by atoms with van der Waals surface area (Å²) in [4.78, 5) is 11.9. The molecule has 84 valence electrons. The summed E-state index contributed by atoms with van der Waals surface area (Å²) in [6.45, 7) is 5.24. The monoisotopic (exact) mass is 238 g/mol. The predicted octanol–water partition coefficient (Wildman–Crippen LogP) is 1.70. The van der Waals surface area contributed by atoms with Gasteiger partial charge >= 0.3 is 0 Å². The van der Waals surface area contributed by atoms with Crippen LogP contribution in [0.15, 0.2) is 4.52 Å². The SMILES string of the molecule is Cc1nnc(NC(=O)c2c(C)noc2C)s1. The third-order valence-corrected chi connectivity index (χ3v) is 2.76. The second-order valence-electron chi connectivity index (χ2n) is 3.28. The van der Waals surface area contributed by atoms with Gasteiger partial charge in [-0.05, 0) is 20.8 Å². The van der Waals surface area contributed by atoms with E-state index in [1.54, 1.807) is 13.8 Å². The zero-order chi connectivity index (χ0) is 11.7. The van der Waals surface area contributed by atoms with Crippen molar-refractivity contribution in [2.75, 3.05) is 5.32 Å². The number of hydrogen-bond donors (Lipinski definition) is 1. The van der Waals surface area contributed by atoms with Gasteiger partial charge in [0.25, 0.3) is 5.91 Å². The lowest BCUT2D eigenvalue weighted by Gasteiger charge is -1.98. The molecular formula is C9H10N4O2S. The summed E-state index contributed by atoms with van der Waals surface area (Å²) in [7, 11) is 0. The molecule has 0 unspecified atom stereocenters. The first kappa shape index (κ1) is 10.7. The van der Waals surface area contributed by atoms with E-state index in [0.717, 1.165) is 5.01 Å². The standard InChI is InChI=1S/C9H10N4O2S/c1-4-7(5(2)15-13-4)8(14)10-9-12-11-6(3)16-9/h1-3H3,(H,10,12,14). The zero-order valence-electron chi connectivity index (χ0n) is 9.07. The molecule has 0 aliphatic rings. The van der Waals surface area contributed by atoms with E-state index in [4.69, 9.17) is 4.52 Å². The van der Waals surface area contributed by atoms with Crippen LogP contribution in [-0.2, 0) is 0 Å². The van der Waals surface area contributed by atoms with Crippen molar-refractivity contribution in [1.29, 1.82) is 0 Å². The average Bonchev–Trinajstić information content (AvgIpc) is 2.74. The van der Waals surface area contributed by atoms with Crippen LogP contribution in [0.3, 0.4) is 0 Å². The summed E-state index contributed by atoms with van der Waals surface area (Å²) in [6, 6.07) is 0. The van der Waals surface area contributed by atoms with Crippen molar-refractivity contribution < 1.29 is 9.32 Å². The highest BCUT2D eigenvalue weighted by atomic mass is 32.1. The van der Waals surface area contributed by atoms with Gasteiger partial charge in [-0.15, -0.1) is 10.2 Å². The molecule has 0 aliphatic heterocycles. The minimum absolute atomic E-state index is 0.271. The third-order valence-electron chi connectivity index (χ3n) is 2.01. The lowest BCUT2D eigenvalue weighted by atomic mass is 10.2. The fourth-order valence-electron chi connectivity index (χ4n) is 1.31. The van der Waals surface area contributed by atoms with Crippen LogP contribution in [0.25, 0.3) is 0 Å². The molecule has 2 heterocycles. The van der Waals surface area contributed by atoms with E-state index in [1.165, 1.54) is 11.3 Å². The number of carbonyl (C=O) groups is 1. The molecule has 0 aliphatic carbocycles. The van der Waals surface area contributed by atoms with Gasteiger partial charge in [0.2, 0.25) is 5.13 Å². The molecule has 0 bridgehead atoms. The average molecular weight is 238 g/mol. The Morgan fingerprint density at radius 3 is 2.56 bits per heavy atom. The van der Waals surface area contributed by atoms with Crippen molar-refractivity contribution in [3.05, 3.63) is 22.0 Å². The van der Waals surface area contributed by atoms with E-state index < -0.39 is 0 Å². The Kier molecular flexibility index (Phi) is 2.69. The first-order valence-corrected chi connectivity index (χ1v) is 5.44. The number of anilines is 1. The van der Waals surface area contributed by atoms with Gasteiger partial charge in [-0.2, -0.15) is 0 Å². The Labute approximate surface area is 95.7 Å². The second kappa shape index (κ2) is 4.01. The number of nitrogens with zero attached hydrogens (tertiary/aromatic N) is 3. The Morgan fingerprint density at radius 2 is 2.06 bits per heavy atom. The highest BCUT2D eigenvalue weighted by molar-refractivity contribution is 7.15. The Balaban J connectivity index is 2.21. The predicted molar refractivity (Wildman–Crippen MR) is 58.6 cm³/mol. The van der Waals surface area contributed by atoms with Crippen molar-refractivity contribution in [2.24, 2.45) is 0 Å². The number of nitrogens with one attached hydrogen (secondary N) is 1. The zero-order valence-corrected chi connectivity index (χ0v) is 9.88. The molecule has 2 rings (SSSR count). The van der Waals surface area contributed by atoms with Crippen molar-refractivity contribution in [1.82, 2.24) is 15.4 Å². The van der Waals surface area contributed by atoms with Crippen LogP contribution >= 0.6 is 11.3 Å². The van der Waals surface area contributed by atoms with Gasteiger partial charge in [-0.1, -0.05) is 16.5 Å². The largest absolute Gasteiger partial charge is 0.361 e. The normalized spacial score (nSPS) is 10.4. The summed E-state index contributed by atoms with van der Waals surface area (Å²) in [5.74, 6) is 0.226. The lowest BCUT2D eigenvalue weighted by molar-refractivity contribution is 0.102. The maximum atomic E-state index is 11.9. The fraction of sp³-hybridized carbons (Fsp3) is 0.333. The highest BCUT2D eigenvalue weighted by Gasteiger charge is 2.18. The Morgan fingerprint density at radius 1 is 1.31 bits per heavy atom. The van der Waals surface area contributed by atoms with Crippen molar-refractivity contribution >= 4 is 22.4 Å². The molecule has 1 amide bonds. The van der Waals surface area contributed by atoms with E-state index in [2.05, 4.69) is 20.7 Å².